The fraction of sp³-hybridized carbons (Fsp3) is 0.532. The highest BCUT2D eigenvalue weighted by atomic mass is 16.6. The minimum atomic E-state index is -2.30. The van der Waals surface area contributed by atoms with E-state index >= 15 is 4.79 Å². The zero-order valence-corrected chi connectivity index (χ0v) is 36.3. The molecular weight excluding hydrogens is 781 g/mol. The second-order valence-corrected chi connectivity index (χ2v) is 17.9. The van der Waals surface area contributed by atoms with Crippen molar-refractivity contribution in [1.82, 2.24) is 14.8 Å². The molecule has 14 nitrogen and oxygen atoms in total. The van der Waals surface area contributed by atoms with Gasteiger partial charge < -0.3 is 43.6 Å². The van der Waals surface area contributed by atoms with Crippen molar-refractivity contribution in [3.63, 3.8) is 0 Å². The van der Waals surface area contributed by atoms with Crippen molar-refractivity contribution in [3.05, 3.63) is 82.2 Å². The summed E-state index contributed by atoms with van der Waals surface area (Å²) in [6.45, 7) is 8.05. The lowest BCUT2D eigenvalue weighted by atomic mass is 9.47. The van der Waals surface area contributed by atoms with Crippen LogP contribution in [-0.2, 0) is 50.7 Å². The Hall–Kier alpha value is -5.34. The number of hydrogen-bond acceptors (Lipinski definition) is 13. The van der Waals surface area contributed by atoms with Crippen LogP contribution in [0.4, 0.5) is 5.69 Å². The van der Waals surface area contributed by atoms with E-state index in [1.165, 1.54) is 33.8 Å². The van der Waals surface area contributed by atoms with E-state index in [-0.39, 0.29) is 12.0 Å². The quantitative estimate of drug-likeness (QED) is 0.180. The largest absolute Gasteiger partial charge is 0.496 e. The number of esters is 4. The summed E-state index contributed by atoms with van der Waals surface area (Å²) in [5.41, 5.74) is 0.503. The van der Waals surface area contributed by atoms with E-state index in [9.17, 15) is 19.5 Å². The summed E-state index contributed by atoms with van der Waals surface area (Å²) in [4.78, 5) is 66.0. The molecule has 1 aromatic heterocycles. The monoisotopic (exact) mass is 836 g/mol. The molecule has 1 saturated carbocycles. The molecule has 2 bridgehead atoms. The summed E-state index contributed by atoms with van der Waals surface area (Å²) in [6.07, 6.45) is 7.86. The van der Waals surface area contributed by atoms with Gasteiger partial charge in [0.2, 0.25) is 5.60 Å². The maximum atomic E-state index is 15.3. The lowest BCUT2D eigenvalue weighted by Crippen LogP contribution is -2.81. The van der Waals surface area contributed by atoms with Crippen LogP contribution in [0.15, 0.2) is 54.3 Å². The van der Waals surface area contributed by atoms with Crippen LogP contribution >= 0.6 is 0 Å². The van der Waals surface area contributed by atoms with Crippen LogP contribution in [0, 0.1) is 11.3 Å². The van der Waals surface area contributed by atoms with Crippen molar-refractivity contribution in [2.24, 2.45) is 11.3 Å². The number of H-pyrrole nitrogens is 1. The zero-order valence-electron chi connectivity index (χ0n) is 36.3. The molecule has 3 aromatic rings. The number of fused-ring (bicyclic) bond motifs is 6. The van der Waals surface area contributed by atoms with Crippen molar-refractivity contribution >= 4 is 40.5 Å². The fourth-order valence-electron chi connectivity index (χ4n) is 13.2. The topological polar surface area (TPSA) is 160 Å². The van der Waals surface area contributed by atoms with Gasteiger partial charge in [-0.25, -0.2) is 9.59 Å². The molecule has 9 rings (SSSR count). The Morgan fingerprint density at radius 2 is 1.72 bits per heavy atom. The lowest BCUT2D eigenvalue weighted by Gasteiger charge is -2.64. The van der Waals surface area contributed by atoms with Crippen molar-refractivity contribution in [2.75, 3.05) is 60.0 Å². The number of hydrogen-bond donors (Lipinski definition) is 2. The van der Waals surface area contributed by atoms with E-state index in [4.69, 9.17) is 23.7 Å². The van der Waals surface area contributed by atoms with Crippen molar-refractivity contribution in [3.8, 4) is 5.75 Å². The van der Waals surface area contributed by atoms with Crippen LogP contribution in [0.2, 0.25) is 0 Å². The third kappa shape index (κ3) is 5.33. The smallest absolute Gasteiger partial charge is 0.344 e. The van der Waals surface area contributed by atoms with Crippen LogP contribution in [0.3, 0.4) is 0 Å². The molecule has 61 heavy (non-hydrogen) atoms. The predicted molar refractivity (Wildman–Crippen MR) is 225 cm³/mol. The number of aliphatic hydroxyl groups is 1. The number of benzene rings is 2. The maximum absolute atomic E-state index is 15.3. The average molecular weight is 837 g/mol. The third-order valence-corrected chi connectivity index (χ3v) is 15.4. The van der Waals surface area contributed by atoms with Gasteiger partial charge in [0.15, 0.2) is 6.10 Å². The lowest BCUT2D eigenvalue weighted by molar-refractivity contribution is -0.235. The van der Waals surface area contributed by atoms with Gasteiger partial charge in [0.05, 0.1) is 40.0 Å². The minimum absolute atomic E-state index is 0.0543. The van der Waals surface area contributed by atoms with E-state index in [1.54, 1.807) is 13.2 Å². The first-order chi connectivity index (χ1) is 29.2. The molecular formula is C47H56N4O10. The molecule has 6 heterocycles. The summed E-state index contributed by atoms with van der Waals surface area (Å²) in [5.74, 6) is -2.05. The van der Waals surface area contributed by atoms with Crippen LogP contribution in [0.1, 0.15) is 85.6 Å². The molecule has 9 atom stereocenters. The summed E-state index contributed by atoms with van der Waals surface area (Å²) >= 11 is 0. The Balaban J connectivity index is 1.37. The number of anilines is 1. The third-order valence-electron chi connectivity index (χ3n) is 15.4. The van der Waals surface area contributed by atoms with Gasteiger partial charge in [0.1, 0.15) is 11.2 Å². The Kier molecular flexibility index (Phi) is 9.67. The molecule has 0 radical (unpaired) electrons. The van der Waals surface area contributed by atoms with E-state index in [0.717, 1.165) is 40.7 Å². The number of nitrogens with one attached hydrogen (secondary N) is 1. The first kappa shape index (κ1) is 41.0. The van der Waals surface area contributed by atoms with Crippen LogP contribution in [0.5, 0.6) is 5.75 Å². The molecule has 1 aliphatic carbocycles. The minimum Gasteiger partial charge on any atom is -0.496 e. The molecule has 1 spiro atoms. The van der Waals surface area contributed by atoms with Gasteiger partial charge in [-0.1, -0.05) is 31.6 Å². The van der Waals surface area contributed by atoms with E-state index in [1.807, 2.05) is 43.1 Å². The Morgan fingerprint density at radius 1 is 0.951 bits per heavy atom. The van der Waals surface area contributed by atoms with Gasteiger partial charge in [-0.05, 0) is 79.6 Å². The molecule has 14 heteroatoms. The number of nitrogens with zero attached hydrogens (tertiary/aromatic N) is 3. The van der Waals surface area contributed by atoms with Crippen LogP contribution < -0.4 is 9.64 Å². The SMILES string of the molecule is CCC1=C[C@H]2CN(C1)Cc1c([nH]c3ccc(C(=O)OC)cc13)[C@@](C(=O)OC)(c1cc3c(cc1OC)N(C)[C@H]1[C@@](O)(C(=O)OC)[C@H](OC(C)=O)[C@]4(CC)CC=CN5CC[C@]31[C@@H]54)C2. The Bertz CT molecular complexity index is 2420. The number of aromatic amines is 1. The first-order valence-electron chi connectivity index (χ1n) is 21.3. The van der Waals surface area contributed by atoms with Crippen molar-refractivity contribution in [1.29, 1.82) is 0 Å². The van der Waals surface area contributed by atoms with Crippen LogP contribution in [-0.4, -0.2) is 123 Å². The molecule has 324 valence electrons. The second kappa shape index (κ2) is 14.4. The highest BCUT2D eigenvalue weighted by Crippen LogP contribution is 2.69. The van der Waals surface area contributed by atoms with E-state index in [0.29, 0.717) is 67.9 Å². The van der Waals surface area contributed by atoms with Crippen molar-refractivity contribution in [2.45, 2.75) is 94.0 Å². The first-order valence-corrected chi connectivity index (χ1v) is 21.3. The normalized spacial score (nSPS) is 33.0. The number of methoxy groups -OCH3 is 4. The number of rotatable bonds is 8. The molecule has 2 fully saturated rings. The van der Waals surface area contributed by atoms with Crippen molar-refractivity contribution < 1.29 is 48.0 Å². The number of allylic oxidation sites excluding steroid dienone is 1. The number of aromatic nitrogens is 1. The highest BCUT2D eigenvalue weighted by Gasteiger charge is 2.80. The fourth-order valence-corrected chi connectivity index (χ4v) is 13.2. The van der Waals surface area contributed by atoms with Gasteiger partial charge in [-0.15, -0.1) is 0 Å². The number of likely N-dealkylation sites (N-methyl/N-ethyl adjacent to an activating group) is 1. The summed E-state index contributed by atoms with van der Waals surface area (Å²) in [6, 6.07) is 8.14. The molecule has 1 unspecified atom stereocenters. The molecule has 6 aliphatic rings. The number of carbonyl (C=O) groups is 4. The highest BCUT2D eigenvalue weighted by molar-refractivity contribution is 5.99. The number of ether oxygens (including phenoxy) is 5. The number of carbonyl (C=O) groups excluding carboxylic acids is 4. The molecule has 5 aliphatic heterocycles. The Labute approximate surface area is 355 Å². The summed E-state index contributed by atoms with van der Waals surface area (Å²) < 4.78 is 29.1. The van der Waals surface area contributed by atoms with E-state index < -0.39 is 57.9 Å². The maximum Gasteiger partial charge on any atom is 0.344 e. The van der Waals surface area contributed by atoms with Gasteiger partial charge in [-0.3, -0.25) is 14.5 Å². The van der Waals surface area contributed by atoms with E-state index in [2.05, 4.69) is 40.0 Å². The molecule has 0 amide bonds. The molecule has 2 N–H and O–H groups in total. The molecule has 2 aromatic carbocycles. The zero-order chi connectivity index (χ0) is 43.4. The molecule has 1 saturated heterocycles. The predicted octanol–water partition coefficient (Wildman–Crippen LogP) is 4.89. The standard InChI is InChI=1S/C47H56N4O10/c1-9-27-18-28-22-46(42(54)59-7,37-31(25-50(23-27)24-28)30-19-29(38(53)58-6)12-13-34(30)48-37)33-20-32-35(21-36(33)57-5)49(4)40-45(32)15-17-51-16-11-14-44(10-2,39(45)51)41(61-26(3)52)47(40,56)43(55)60-8/h11-13,16,18-21,28,39-41,48,56H,9-10,14-15,17,22-25H2,1-8H3/t28-,39+,40-,41-,44-,45-,46+,47+/m1/s1. The Morgan fingerprint density at radius 3 is 2.39 bits per heavy atom. The van der Waals surface area contributed by atoms with Gasteiger partial charge >= 0.3 is 23.9 Å². The average Bonchev–Trinajstić information content (AvgIpc) is 3.91. The summed E-state index contributed by atoms with van der Waals surface area (Å²) in [7, 11) is 7.45. The van der Waals surface area contributed by atoms with Gasteiger partial charge in [-0.2, -0.15) is 0 Å². The van der Waals surface area contributed by atoms with Gasteiger partial charge in [0.25, 0.3) is 0 Å². The second-order valence-electron chi connectivity index (χ2n) is 17.9. The van der Waals surface area contributed by atoms with Gasteiger partial charge in [0, 0.05) is 90.9 Å². The van der Waals surface area contributed by atoms with Crippen LogP contribution in [0.25, 0.3) is 10.9 Å². The summed E-state index contributed by atoms with van der Waals surface area (Å²) in [5, 5.41) is 14.1.